The Bertz CT molecular complexity index is 975. The highest BCUT2D eigenvalue weighted by Gasteiger charge is 2.39. The first-order chi connectivity index (χ1) is 16.0. The van der Waals surface area contributed by atoms with Gasteiger partial charge in [0.1, 0.15) is 13.2 Å². The Morgan fingerprint density at radius 3 is 2.82 bits per heavy atom. The molecule has 3 aliphatic rings. The molecule has 178 valence electrons. The number of nitrogens with one attached hydrogen (secondary N) is 1. The average Bonchev–Trinajstić information content (AvgIpc) is 3.34. The van der Waals surface area contributed by atoms with Crippen LogP contribution in [0.25, 0.3) is 0 Å². The van der Waals surface area contributed by atoms with Gasteiger partial charge in [-0.05, 0) is 50.3 Å². The summed E-state index contributed by atoms with van der Waals surface area (Å²) in [4.78, 5) is 26.3. The zero-order valence-electron chi connectivity index (χ0n) is 19.1. The standard InChI is InChI=1S/C25H31NO7/c1-15-22(25(29)33-14-17-5-4-11-31-17)23(24-18(26-15)6-3-7-19(24)28)16-8-9-20(32-12-10-27)21(13-16)30-2/h8-9,13,17,23,26-27H,3-7,10-12,14H2,1-2H3/t17-,23+/m1/s1. The molecule has 0 spiro atoms. The number of hydrogen-bond acceptors (Lipinski definition) is 8. The molecule has 4 rings (SSSR count). The zero-order chi connectivity index (χ0) is 23.4. The van der Waals surface area contributed by atoms with Gasteiger partial charge < -0.3 is 29.4 Å². The van der Waals surface area contributed by atoms with Gasteiger partial charge in [-0.15, -0.1) is 0 Å². The van der Waals surface area contributed by atoms with Crippen molar-refractivity contribution in [3.63, 3.8) is 0 Å². The minimum absolute atomic E-state index is 0.0326. The van der Waals surface area contributed by atoms with Crippen LogP contribution < -0.4 is 14.8 Å². The van der Waals surface area contributed by atoms with Crippen molar-refractivity contribution < 1.29 is 33.6 Å². The lowest BCUT2D eigenvalue weighted by Gasteiger charge is -2.34. The lowest BCUT2D eigenvalue weighted by molar-refractivity contribution is -0.142. The van der Waals surface area contributed by atoms with Gasteiger partial charge >= 0.3 is 5.97 Å². The van der Waals surface area contributed by atoms with Crippen LogP contribution in [0.1, 0.15) is 50.5 Å². The molecular weight excluding hydrogens is 426 g/mol. The van der Waals surface area contributed by atoms with Crippen LogP contribution in [0, 0.1) is 0 Å². The number of dihydropyridines is 1. The summed E-state index contributed by atoms with van der Waals surface area (Å²) in [7, 11) is 1.53. The number of Topliss-reactive ketones (excluding diaryl/α,β-unsaturated/α-hetero) is 1. The second-order valence-electron chi connectivity index (χ2n) is 8.48. The second kappa shape index (κ2) is 10.4. The quantitative estimate of drug-likeness (QED) is 0.575. The SMILES string of the molecule is COc1cc([C@H]2C(C(=O)OC[C@H]3CCCO3)=C(C)NC3=C2C(=O)CCC3)ccc1OCCO. The van der Waals surface area contributed by atoms with Crippen molar-refractivity contribution in [2.75, 3.05) is 33.5 Å². The van der Waals surface area contributed by atoms with Crippen LogP contribution in [0.3, 0.4) is 0 Å². The average molecular weight is 458 g/mol. The Morgan fingerprint density at radius 1 is 1.24 bits per heavy atom. The molecule has 0 radical (unpaired) electrons. The first kappa shape index (κ1) is 23.3. The number of ether oxygens (including phenoxy) is 4. The number of methoxy groups -OCH3 is 1. The molecule has 8 heteroatoms. The largest absolute Gasteiger partial charge is 0.493 e. The third-order valence-corrected chi connectivity index (χ3v) is 6.29. The van der Waals surface area contributed by atoms with E-state index in [9.17, 15) is 9.59 Å². The number of carbonyl (C=O) groups is 2. The van der Waals surface area contributed by atoms with Gasteiger partial charge in [-0.25, -0.2) is 4.79 Å². The molecule has 33 heavy (non-hydrogen) atoms. The van der Waals surface area contributed by atoms with E-state index < -0.39 is 11.9 Å². The van der Waals surface area contributed by atoms with Crippen LogP contribution >= 0.6 is 0 Å². The summed E-state index contributed by atoms with van der Waals surface area (Å²) in [5.41, 5.74) is 3.33. The number of aliphatic hydroxyl groups is 1. The maximum atomic E-state index is 13.3. The van der Waals surface area contributed by atoms with Crippen LogP contribution in [0.2, 0.25) is 0 Å². The van der Waals surface area contributed by atoms with Gasteiger partial charge in [0.2, 0.25) is 0 Å². The van der Waals surface area contributed by atoms with Crippen LogP contribution in [-0.2, 0) is 19.1 Å². The Balaban J connectivity index is 1.70. The lowest BCUT2D eigenvalue weighted by Crippen LogP contribution is -2.35. The van der Waals surface area contributed by atoms with E-state index in [4.69, 9.17) is 24.1 Å². The molecule has 2 N–H and O–H groups in total. The van der Waals surface area contributed by atoms with Crippen LogP contribution in [0.15, 0.2) is 40.7 Å². The fraction of sp³-hybridized carbons (Fsp3) is 0.520. The molecule has 2 heterocycles. The monoisotopic (exact) mass is 457 g/mol. The predicted molar refractivity (Wildman–Crippen MR) is 120 cm³/mol. The number of carbonyl (C=O) groups excluding carboxylic acids is 2. The molecule has 0 amide bonds. The van der Waals surface area contributed by atoms with Gasteiger partial charge in [0.25, 0.3) is 0 Å². The second-order valence-corrected chi connectivity index (χ2v) is 8.48. The van der Waals surface area contributed by atoms with E-state index in [2.05, 4.69) is 5.32 Å². The number of esters is 1. The zero-order valence-corrected chi connectivity index (χ0v) is 19.1. The van der Waals surface area contributed by atoms with Crippen LogP contribution in [0.4, 0.5) is 0 Å². The van der Waals surface area contributed by atoms with E-state index >= 15 is 0 Å². The third kappa shape index (κ3) is 4.91. The maximum Gasteiger partial charge on any atom is 0.336 e. The maximum absolute atomic E-state index is 13.3. The third-order valence-electron chi connectivity index (χ3n) is 6.29. The number of benzene rings is 1. The number of ketones is 1. The Labute approximate surface area is 193 Å². The smallest absolute Gasteiger partial charge is 0.336 e. The summed E-state index contributed by atoms with van der Waals surface area (Å²) in [6.07, 6.45) is 3.72. The minimum atomic E-state index is -0.563. The molecule has 1 aliphatic carbocycles. The predicted octanol–water partition coefficient (Wildman–Crippen LogP) is 2.76. The van der Waals surface area contributed by atoms with Crippen molar-refractivity contribution in [1.82, 2.24) is 5.32 Å². The molecule has 0 unspecified atom stereocenters. The van der Waals surface area contributed by atoms with Crippen molar-refractivity contribution in [2.45, 2.75) is 51.0 Å². The van der Waals surface area contributed by atoms with Gasteiger partial charge in [0.05, 0.1) is 25.4 Å². The molecule has 2 aliphatic heterocycles. The summed E-state index contributed by atoms with van der Waals surface area (Å²) >= 11 is 0. The van der Waals surface area contributed by atoms with Gasteiger partial charge in [-0.3, -0.25) is 4.79 Å². The van der Waals surface area contributed by atoms with Crippen molar-refractivity contribution in [3.8, 4) is 11.5 Å². The number of rotatable bonds is 8. The molecule has 2 atom stereocenters. The molecule has 1 fully saturated rings. The summed E-state index contributed by atoms with van der Waals surface area (Å²) in [6.45, 7) is 2.74. The molecule has 0 bridgehead atoms. The van der Waals surface area contributed by atoms with Crippen molar-refractivity contribution in [3.05, 3.63) is 46.3 Å². The summed E-state index contributed by atoms with van der Waals surface area (Å²) in [5, 5.41) is 12.4. The highest BCUT2D eigenvalue weighted by molar-refractivity contribution is 6.03. The number of aliphatic hydroxyl groups excluding tert-OH is 1. The first-order valence-corrected chi connectivity index (χ1v) is 11.5. The fourth-order valence-electron chi connectivity index (χ4n) is 4.75. The Kier molecular flexibility index (Phi) is 7.35. The minimum Gasteiger partial charge on any atom is -0.493 e. The van der Waals surface area contributed by atoms with Crippen LogP contribution in [-0.4, -0.2) is 56.5 Å². The van der Waals surface area contributed by atoms with E-state index in [0.29, 0.717) is 41.4 Å². The number of hydrogen-bond donors (Lipinski definition) is 2. The van der Waals surface area contributed by atoms with E-state index in [0.717, 1.165) is 36.9 Å². The van der Waals surface area contributed by atoms with Crippen molar-refractivity contribution >= 4 is 11.8 Å². The van der Waals surface area contributed by atoms with Gasteiger partial charge in [0.15, 0.2) is 17.3 Å². The van der Waals surface area contributed by atoms with E-state index in [1.54, 1.807) is 12.1 Å². The summed E-state index contributed by atoms with van der Waals surface area (Å²) < 4.78 is 22.3. The van der Waals surface area contributed by atoms with Gasteiger partial charge in [0, 0.05) is 35.9 Å². The van der Waals surface area contributed by atoms with Gasteiger partial charge in [-0.2, -0.15) is 0 Å². The van der Waals surface area contributed by atoms with Crippen LogP contribution in [0.5, 0.6) is 11.5 Å². The number of allylic oxidation sites excluding steroid dienone is 3. The van der Waals surface area contributed by atoms with Crippen molar-refractivity contribution in [2.24, 2.45) is 0 Å². The summed E-state index contributed by atoms with van der Waals surface area (Å²) in [5.74, 6) is -0.0340. The normalized spacial score (nSPS) is 22.7. The fourth-order valence-corrected chi connectivity index (χ4v) is 4.75. The molecule has 1 aromatic rings. The van der Waals surface area contributed by atoms with E-state index in [-0.39, 0.29) is 31.7 Å². The topological polar surface area (TPSA) is 103 Å². The van der Waals surface area contributed by atoms with Crippen molar-refractivity contribution in [1.29, 1.82) is 0 Å². The Hall–Kier alpha value is -2.84. The van der Waals surface area contributed by atoms with Gasteiger partial charge in [-0.1, -0.05) is 6.07 Å². The Morgan fingerprint density at radius 2 is 2.09 bits per heavy atom. The molecule has 0 saturated carbocycles. The lowest BCUT2D eigenvalue weighted by atomic mass is 9.75. The summed E-state index contributed by atoms with van der Waals surface area (Å²) in [6, 6.07) is 5.36. The molecule has 8 nitrogen and oxygen atoms in total. The van der Waals surface area contributed by atoms with E-state index in [1.807, 2.05) is 13.0 Å². The highest BCUT2D eigenvalue weighted by atomic mass is 16.6. The first-order valence-electron chi connectivity index (χ1n) is 11.5. The van der Waals surface area contributed by atoms with E-state index in [1.165, 1.54) is 7.11 Å². The molecule has 1 saturated heterocycles. The molecule has 1 aromatic carbocycles. The molecule has 0 aromatic heterocycles. The molecular formula is C25H31NO7. The highest BCUT2D eigenvalue weighted by Crippen LogP contribution is 2.44.